The quantitative estimate of drug-likeness (QED) is 0.132. The first-order chi connectivity index (χ1) is 12.8. The molecule has 0 aromatic heterocycles. The molecule has 160 valence electrons. The summed E-state index contributed by atoms with van der Waals surface area (Å²) < 4.78 is 0. The molecule has 0 radical (unpaired) electrons. The van der Waals surface area contributed by atoms with Crippen molar-refractivity contribution in [2.75, 3.05) is 33.7 Å². The zero-order valence-electron chi connectivity index (χ0n) is 19.1. The van der Waals surface area contributed by atoms with Gasteiger partial charge in [0, 0.05) is 19.6 Å². The average molecular weight is 382 g/mol. The van der Waals surface area contributed by atoms with Crippen molar-refractivity contribution in [1.82, 2.24) is 15.6 Å². The van der Waals surface area contributed by atoms with E-state index in [2.05, 4.69) is 74.6 Å². The van der Waals surface area contributed by atoms with Gasteiger partial charge in [0.1, 0.15) is 5.84 Å². The van der Waals surface area contributed by atoms with Crippen LogP contribution in [0, 0.1) is 11.3 Å². The molecule has 2 unspecified atom stereocenters. The van der Waals surface area contributed by atoms with Crippen molar-refractivity contribution in [1.29, 1.82) is 0 Å². The van der Waals surface area contributed by atoms with E-state index in [1.807, 2.05) is 7.05 Å². The van der Waals surface area contributed by atoms with E-state index in [9.17, 15) is 0 Å². The molecular formula is C22H47N5. The number of hydrazone groups is 1. The van der Waals surface area contributed by atoms with Crippen molar-refractivity contribution in [2.45, 2.75) is 79.2 Å². The maximum Gasteiger partial charge on any atom is 0.130 e. The van der Waals surface area contributed by atoms with Crippen molar-refractivity contribution < 1.29 is 0 Å². The molecule has 0 heterocycles. The molecule has 0 aromatic carbocycles. The molecule has 0 amide bonds. The lowest BCUT2D eigenvalue weighted by Gasteiger charge is -2.31. The summed E-state index contributed by atoms with van der Waals surface area (Å²) in [6.07, 6.45) is 11.9. The lowest BCUT2D eigenvalue weighted by atomic mass is 9.82. The van der Waals surface area contributed by atoms with Gasteiger partial charge in [-0.2, -0.15) is 5.10 Å². The third kappa shape index (κ3) is 11.4. The van der Waals surface area contributed by atoms with E-state index in [0.717, 1.165) is 31.9 Å². The zero-order valence-corrected chi connectivity index (χ0v) is 19.1. The fourth-order valence-electron chi connectivity index (χ4n) is 3.46. The third-order valence-corrected chi connectivity index (χ3v) is 5.47. The second kappa shape index (κ2) is 14.9. The summed E-state index contributed by atoms with van der Waals surface area (Å²) in [5.74, 6) is 1.26. The average Bonchev–Trinajstić information content (AvgIpc) is 2.64. The fourth-order valence-corrected chi connectivity index (χ4v) is 3.46. The van der Waals surface area contributed by atoms with Gasteiger partial charge >= 0.3 is 0 Å². The lowest BCUT2D eigenvalue weighted by molar-refractivity contribution is 0.221. The van der Waals surface area contributed by atoms with E-state index in [-0.39, 0.29) is 5.92 Å². The summed E-state index contributed by atoms with van der Waals surface area (Å²) in [7, 11) is 4.18. The van der Waals surface area contributed by atoms with Crippen molar-refractivity contribution in [3.05, 3.63) is 12.2 Å². The summed E-state index contributed by atoms with van der Waals surface area (Å²) in [6.45, 7) is 14.0. The molecule has 4 N–H and O–H groups in total. The standard InChI is InChI=1S/C22H47N5/c1-8-14-20(21(24-6)26-25-9-2)19(3)27(7)18-13-11-16-22(4,5)15-10-12-17-23/h8,14,19-20,25H,9-13,15-18,23H2,1-7H3,(H,24,26)/b14-8-. The number of nitrogens with zero attached hydrogens (tertiary/aromatic N) is 2. The van der Waals surface area contributed by atoms with Crippen LogP contribution < -0.4 is 16.5 Å². The first-order valence-corrected chi connectivity index (χ1v) is 10.8. The molecule has 0 spiro atoms. The van der Waals surface area contributed by atoms with Crippen LogP contribution in [-0.4, -0.2) is 50.5 Å². The van der Waals surface area contributed by atoms with E-state index < -0.39 is 0 Å². The van der Waals surface area contributed by atoms with E-state index in [1.54, 1.807) is 0 Å². The first kappa shape index (κ1) is 25.9. The molecule has 0 fully saturated rings. The summed E-state index contributed by atoms with van der Waals surface area (Å²) in [5.41, 5.74) is 9.14. The summed E-state index contributed by atoms with van der Waals surface area (Å²) in [4.78, 5) is 2.46. The topological polar surface area (TPSA) is 65.7 Å². The minimum absolute atomic E-state index is 0.261. The smallest absolute Gasteiger partial charge is 0.130 e. The molecule has 0 aliphatic heterocycles. The van der Waals surface area contributed by atoms with Crippen molar-refractivity contribution in [2.24, 2.45) is 22.2 Å². The first-order valence-electron chi connectivity index (χ1n) is 10.8. The van der Waals surface area contributed by atoms with Crippen molar-refractivity contribution >= 4 is 5.84 Å². The van der Waals surface area contributed by atoms with Crippen molar-refractivity contribution in [3.63, 3.8) is 0 Å². The van der Waals surface area contributed by atoms with E-state index in [4.69, 9.17) is 5.73 Å². The van der Waals surface area contributed by atoms with Gasteiger partial charge < -0.3 is 21.4 Å². The van der Waals surface area contributed by atoms with Gasteiger partial charge in [-0.25, -0.2) is 0 Å². The van der Waals surface area contributed by atoms with E-state index >= 15 is 0 Å². The molecule has 0 aliphatic carbocycles. The van der Waals surface area contributed by atoms with Gasteiger partial charge in [0.2, 0.25) is 0 Å². The molecule has 5 heteroatoms. The second-order valence-corrected chi connectivity index (χ2v) is 8.40. The Hall–Kier alpha value is -1.07. The summed E-state index contributed by atoms with van der Waals surface area (Å²) in [6, 6.07) is 0.392. The van der Waals surface area contributed by atoms with Gasteiger partial charge in [0.15, 0.2) is 0 Å². The number of hydrogen-bond acceptors (Lipinski definition) is 4. The van der Waals surface area contributed by atoms with Crippen molar-refractivity contribution in [3.8, 4) is 0 Å². The summed E-state index contributed by atoms with van der Waals surface area (Å²) in [5, 5.41) is 7.79. The second-order valence-electron chi connectivity index (χ2n) is 8.40. The Bertz CT molecular complexity index is 417. The van der Waals surface area contributed by atoms with Crippen LogP contribution in [0.4, 0.5) is 0 Å². The summed E-state index contributed by atoms with van der Waals surface area (Å²) >= 11 is 0. The van der Waals surface area contributed by atoms with Crippen LogP contribution in [0.3, 0.4) is 0 Å². The number of unbranched alkanes of at least 4 members (excludes halogenated alkanes) is 2. The Kier molecular flexibility index (Phi) is 14.3. The highest BCUT2D eigenvalue weighted by Gasteiger charge is 2.23. The third-order valence-electron chi connectivity index (χ3n) is 5.47. The number of nitrogens with two attached hydrogens (primary N) is 1. The van der Waals surface area contributed by atoms with Gasteiger partial charge in [0.05, 0.1) is 5.92 Å². The van der Waals surface area contributed by atoms with Crippen LogP contribution in [0.5, 0.6) is 0 Å². The minimum Gasteiger partial charge on any atom is -0.375 e. The highest BCUT2D eigenvalue weighted by Crippen LogP contribution is 2.29. The molecule has 0 aromatic rings. The van der Waals surface area contributed by atoms with Gasteiger partial charge in [-0.3, -0.25) is 0 Å². The molecule has 0 saturated heterocycles. The van der Waals surface area contributed by atoms with Crippen LogP contribution in [0.15, 0.2) is 17.3 Å². The van der Waals surface area contributed by atoms with Gasteiger partial charge in [-0.05, 0) is 72.0 Å². The van der Waals surface area contributed by atoms with Crippen LogP contribution in [0.25, 0.3) is 0 Å². The van der Waals surface area contributed by atoms with Crippen LogP contribution in [0.2, 0.25) is 0 Å². The van der Waals surface area contributed by atoms with Gasteiger partial charge in [-0.15, -0.1) is 0 Å². The molecule has 0 rings (SSSR count). The minimum atomic E-state index is 0.261. The monoisotopic (exact) mass is 381 g/mol. The van der Waals surface area contributed by atoms with E-state index in [0.29, 0.717) is 11.5 Å². The maximum atomic E-state index is 5.62. The predicted molar refractivity (Wildman–Crippen MR) is 121 cm³/mol. The molecule has 2 atom stereocenters. The largest absolute Gasteiger partial charge is 0.375 e. The predicted octanol–water partition coefficient (Wildman–Crippen LogP) is 3.97. The number of rotatable bonds is 15. The Morgan fingerprint density at radius 1 is 1.19 bits per heavy atom. The van der Waals surface area contributed by atoms with Gasteiger partial charge in [0.25, 0.3) is 0 Å². The Balaban J connectivity index is 4.53. The Morgan fingerprint density at radius 2 is 1.81 bits per heavy atom. The highest BCUT2D eigenvalue weighted by atomic mass is 15.3. The number of amidine groups is 1. The number of nitrogens with one attached hydrogen (secondary N) is 2. The fraction of sp³-hybridized carbons (Fsp3) is 0.864. The molecule has 5 nitrogen and oxygen atoms in total. The van der Waals surface area contributed by atoms with Gasteiger partial charge in [-0.1, -0.05) is 38.8 Å². The van der Waals surface area contributed by atoms with Crippen LogP contribution in [0.1, 0.15) is 73.1 Å². The Labute approximate surface area is 169 Å². The number of hydrogen-bond donors (Lipinski definition) is 3. The zero-order chi connectivity index (χ0) is 20.7. The van der Waals surface area contributed by atoms with Crippen LogP contribution in [-0.2, 0) is 0 Å². The van der Waals surface area contributed by atoms with Crippen LogP contribution >= 0.6 is 0 Å². The lowest BCUT2D eigenvalue weighted by Crippen LogP contribution is -2.43. The molecule has 27 heavy (non-hydrogen) atoms. The normalized spacial score (nSPS) is 15.4. The SMILES string of the molecule is C/C=C\C(/C(=N/NCC)NC)C(C)N(C)CCCCC(C)(C)CCCCN. The Morgan fingerprint density at radius 3 is 2.33 bits per heavy atom. The number of allylic oxidation sites excluding steroid dienone is 1. The highest BCUT2D eigenvalue weighted by molar-refractivity contribution is 5.86. The molecule has 0 bridgehead atoms. The van der Waals surface area contributed by atoms with E-state index in [1.165, 1.54) is 32.1 Å². The molecule has 0 saturated carbocycles. The molecular weight excluding hydrogens is 334 g/mol. The molecule has 0 aliphatic rings. The maximum absolute atomic E-state index is 5.62.